The average Bonchev–Trinajstić information content (AvgIpc) is 2.90. The molecule has 1 saturated carbocycles. The number of anilines is 1. The molecule has 0 aromatic carbocycles. The van der Waals surface area contributed by atoms with Gasteiger partial charge in [-0.05, 0) is 30.9 Å². The van der Waals surface area contributed by atoms with E-state index in [1.165, 1.54) is 12.8 Å². The van der Waals surface area contributed by atoms with Gasteiger partial charge in [0.15, 0.2) is 0 Å². The molecule has 2 N–H and O–H groups in total. The van der Waals surface area contributed by atoms with Crippen LogP contribution in [0.15, 0.2) is 18.2 Å². The molecule has 1 fully saturated rings. The predicted molar refractivity (Wildman–Crippen MR) is 65.4 cm³/mol. The van der Waals surface area contributed by atoms with E-state index in [9.17, 15) is 5.11 Å². The van der Waals surface area contributed by atoms with E-state index in [1.807, 2.05) is 12.1 Å². The van der Waals surface area contributed by atoms with Gasteiger partial charge >= 0.3 is 0 Å². The van der Waals surface area contributed by atoms with Crippen LogP contribution in [0.4, 0.5) is 5.82 Å². The van der Waals surface area contributed by atoms with E-state index in [0.29, 0.717) is 24.0 Å². The van der Waals surface area contributed by atoms with Gasteiger partial charge in [-0.15, -0.1) is 0 Å². The van der Waals surface area contributed by atoms with Crippen LogP contribution < -0.4 is 5.32 Å². The highest BCUT2D eigenvalue weighted by molar-refractivity contribution is 5.38. The topological polar surface area (TPSA) is 68.9 Å². The smallest absolute Gasteiger partial charge is 0.142 e. The van der Waals surface area contributed by atoms with E-state index in [0.717, 1.165) is 12.8 Å². The van der Waals surface area contributed by atoms with Crippen molar-refractivity contribution in [2.24, 2.45) is 5.92 Å². The summed E-state index contributed by atoms with van der Waals surface area (Å²) in [6.45, 7) is 0.506. The van der Waals surface area contributed by atoms with Gasteiger partial charge in [-0.2, -0.15) is 5.26 Å². The Kier molecular flexibility index (Phi) is 3.94. The molecule has 1 heterocycles. The maximum Gasteiger partial charge on any atom is 0.142 e. The molecule has 90 valence electrons. The van der Waals surface area contributed by atoms with Gasteiger partial charge in [-0.1, -0.05) is 18.9 Å². The first kappa shape index (κ1) is 11.9. The zero-order valence-corrected chi connectivity index (χ0v) is 9.76. The maximum absolute atomic E-state index is 9.98. The molecule has 0 bridgehead atoms. The zero-order valence-electron chi connectivity index (χ0n) is 9.76. The fraction of sp³-hybridized carbons (Fsp3) is 0.538. The number of aliphatic hydroxyl groups is 1. The van der Waals surface area contributed by atoms with Gasteiger partial charge in [0.1, 0.15) is 17.6 Å². The van der Waals surface area contributed by atoms with E-state index in [2.05, 4.69) is 10.3 Å². The van der Waals surface area contributed by atoms with E-state index >= 15 is 0 Å². The van der Waals surface area contributed by atoms with Crippen LogP contribution in [0.2, 0.25) is 0 Å². The summed E-state index contributed by atoms with van der Waals surface area (Å²) in [4.78, 5) is 4.11. The molecule has 1 atom stereocenters. The van der Waals surface area contributed by atoms with Gasteiger partial charge in [-0.3, -0.25) is 0 Å². The summed E-state index contributed by atoms with van der Waals surface area (Å²) in [5, 5.41) is 21.8. The number of nitrogens with zero attached hydrogens (tertiary/aromatic N) is 2. The summed E-state index contributed by atoms with van der Waals surface area (Å²) in [5.41, 5.74) is 0.394. The van der Waals surface area contributed by atoms with E-state index in [-0.39, 0.29) is 6.10 Å². The monoisotopic (exact) mass is 231 g/mol. The zero-order chi connectivity index (χ0) is 12.1. The predicted octanol–water partition coefficient (Wildman–Crippen LogP) is 1.92. The number of hydrogen-bond acceptors (Lipinski definition) is 4. The molecule has 4 heteroatoms. The second kappa shape index (κ2) is 5.65. The van der Waals surface area contributed by atoms with Crippen molar-refractivity contribution in [3.63, 3.8) is 0 Å². The molecule has 1 aromatic heterocycles. The largest absolute Gasteiger partial charge is 0.391 e. The highest BCUT2D eigenvalue weighted by Crippen LogP contribution is 2.27. The fourth-order valence-corrected chi connectivity index (χ4v) is 2.31. The van der Waals surface area contributed by atoms with Crippen molar-refractivity contribution in [3.05, 3.63) is 23.9 Å². The summed E-state index contributed by atoms with van der Waals surface area (Å²) >= 11 is 0. The average molecular weight is 231 g/mol. The molecule has 0 radical (unpaired) electrons. The van der Waals surface area contributed by atoms with E-state index < -0.39 is 0 Å². The molecular weight excluding hydrogens is 214 g/mol. The van der Waals surface area contributed by atoms with Gasteiger partial charge in [0, 0.05) is 6.54 Å². The minimum absolute atomic E-state index is 0.315. The van der Waals surface area contributed by atoms with Crippen LogP contribution in [0.25, 0.3) is 0 Å². The van der Waals surface area contributed by atoms with Crippen LogP contribution in [-0.2, 0) is 0 Å². The number of pyridine rings is 1. The Balaban J connectivity index is 1.86. The number of nitrogens with one attached hydrogen (secondary N) is 1. The van der Waals surface area contributed by atoms with Crippen molar-refractivity contribution in [3.8, 4) is 6.07 Å². The number of aliphatic hydroxyl groups excluding tert-OH is 1. The number of hydrogen-bond donors (Lipinski definition) is 2. The Labute approximate surface area is 101 Å². The van der Waals surface area contributed by atoms with Crippen LogP contribution in [0.5, 0.6) is 0 Å². The lowest BCUT2D eigenvalue weighted by atomic mass is 10.0. The van der Waals surface area contributed by atoms with Gasteiger partial charge < -0.3 is 10.4 Å². The van der Waals surface area contributed by atoms with Crippen molar-refractivity contribution >= 4 is 5.82 Å². The molecule has 0 spiro atoms. The van der Waals surface area contributed by atoms with Gasteiger partial charge in [0.05, 0.1) is 6.10 Å². The molecule has 1 aromatic rings. The van der Waals surface area contributed by atoms with Gasteiger partial charge in [-0.25, -0.2) is 4.98 Å². The van der Waals surface area contributed by atoms with Crippen LogP contribution in [-0.4, -0.2) is 22.7 Å². The van der Waals surface area contributed by atoms with Crippen LogP contribution >= 0.6 is 0 Å². The van der Waals surface area contributed by atoms with Crippen molar-refractivity contribution in [2.75, 3.05) is 11.9 Å². The summed E-state index contributed by atoms with van der Waals surface area (Å²) in [6.07, 6.45) is 4.38. The standard InChI is InChI=1S/C13H17N3O/c14-8-11-6-3-7-13(16-11)15-9-12(17)10-4-1-2-5-10/h3,6-7,10,12,17H,1-2,4-5,9H2,(H,15,16). The van der Waals surface area contributed by atoms with Crippen molar-refractivity contribution in [2.45, 2.75) is 31.8 Å². The molecule has 0 aliphatic heterocycles. The summed E-state index contributed by atoms with van der Waals surface area (Å²) in [5.74, 6) is 1.07. The lowest BCUT2D eigenvalue weighted by molar-refractivity contribution is 0.122. The van der Waals surface area contributed by atoms with E-state index in [1.54, 1.807) is 12.1 Å². The second-order valence-electron chi connectivity index (χ2n) is 4.51. The highest BCUT2D eigenvalue weighted by atomic mass is 16.3. The van der Waals surface area contributed by atoms with Crippen molar-refractivity contribution < 1.29 is 5.11 Å². The lowest BCUT2D eigenvalue weighted by Crippen LogP contribution is -2.26. The number of aromatic nitrogens is 1. The Hall–Kier alpha value is -1.60. The summed E-state index contributed by atoms with van der Waals surface area (Å²) < 4.78 is 0. The normalized spacial score (nSPS) is 17.6. The van der Waals surface area contributed by atoms with E-state index in [4.69, 9.17) is 5.26 Å². The third-order valence-electron chi connectivity index (χ3n) is 3.30. The number of rotatable bonds is 4. The second-order valence-corrected chi connectivity index (χ2v) is 4.51. The maximum atomic E-state index is 9.98. The lowest BCUT2D eigenvalue weighted by Gasteiger charge is -2.18. The molecule has 1 aliphatic carbocycles. The minimum atomic E-state index is -0.315. The molecule has 1 aliphatic rings. The fourth-order valence-electron chi connectivity index (χ4n) is 2.31. The highest BCUT2D eigenvalue weighted by Gasteiger charge is 2.22. The first-order valence-electron chi connectivity index (χ1n) is 6.08. The third-order valence-corrected chi connectivity index (χ3v) is 3.30. The summed E-state index contributed by atoms with van der Waals surface area (Å²) in [6, 6.07) is 7.26. The SMILES string of the molecule is N#Cc1cccc(NCC(O)C2CCCC2)n1. The van der Waals surface area contributed by atoms with Crippen LogP contribution in [0.1, 0.15) is 31.4 Å². The quantitative estimate of drug-likeness (QED) is 0.830. The Bertz CT molecular complexity index is 407. The summed E-state index contributed by atoms with van der Waals surface area (Å²) in [7, 11) is 0. The van der Waals surface area contributed by atoms with Gasteiger partial charge in [0.2, 0.25) is 0 Å². The Morgan fingerprint density at radius 3 is 2.94 bits per heavy atom. The molecule has 4 nitrogen and oxygen atoms in total. The Morgan fingerprint density at radius 2 is 2.24 bits per heavy atom. The molecular formula is C13H17N3O. The molecule has 2 rings (SSSR count). The Morgan fingerprint density at radius 1 is 1.47 bits per heavy atom. The number of nitriles is 1. The van der Waals surface area contributed by atoms with Gasteiger partial charge in [0.25, 0.3) is 0 Å². The molecule has 0 amide bonds. The van der Waals surface area contributed by atoms with Crippen molar-refractivity contribution in [1.82, 2.24) is 4.98 Å². The molecule has 1 unspecified atom stereocenters. The third kappa shape index (κ3) is 3.18. The molecule has 0 saturated heterocycles. The minimum Gasteiger partial charge on any atom is -0.391 e. The van der Waals surface area contributed by atoms with Crippen LogP contribution in [0.3, 0.4) is 0 Å². The molecule has 17 heavy (non-hydrogen) atoms. The first-order chi connectivity index (χ1) is 8.29. The van der Waals surface area contributed by atoms with Crippen LogP contribution in [0, 0.1) is 17.2 Å². The first-order valence-corrected chi connectivity index (χ1v) is 6.08. The van der Waals surface area contributed by atoms with Crippen molar-refractivity contribution in [1.29, 1.82) is 5.26 Å².